The smallest absolute Gasteiger partial charge is 0.337 e. The molecule has 11 heteroatoms. The Kier molecular flexibility index (Phi) is 8.65. The monoisotopic (exact) mass is 583 g/mol. The highest BCUT2D eigenvalue weighted by molar-refractivity contribution is 6.32. The first-order valence-electron chi connectivity index (χ1n) is 13.9. The van der Waals surface area contributed by atoms with Crippen molar-refractivity contribution in [3.05, 3.63) is 99.1 Å². The predicted molar refractivity (Wildman–Crippen MR) is 164 cm³/mol. The van der Waals surface area contributed by atoms with E-state index in [4.69, 9.17) is 4.74 Å². The molecule has 3 aromatic carbocycles. The van der Waals surface area contributed by atoms with E-state index in [0.29, 0.717) is 40.2 Å². The number of esters is 1. The largest absolute Gasteiger partial charge is 0.465 e. The summed E-state index contributed by atoms with van der Waals surface area (Å²) in [6, 6.07) is 18.2. The molecule has 0 spiro atoms. The van der Waals surface area contributed by atoms with E-state index in [1.54, 1.807) is 42.3 Å². The number of benzene rings is 3. The van der Waals surface area contributed by atoms with Gasteiger partial charge in [-0.2, -0.15) is 0 Å². The van der Waals surface area contributed by atoms with Crippen LogP contribution >= 0.6 is 0 Å². The third-order valence-corrected chi connectivity index (χ3v) is 7.90. The van der Waals surface area contributed by atoms with Crippen LogP contribution in [-0.2, 0) is 20.7 Å². The number of nitrogens with one attached hydrogen (secondary N) is 1. The van der Waals surface area contributed by atoms with Crippen molar-refractivity contribution in [1.82, 2.24) is 9.80 Å². The van der Waals surface area contributed by atoms with E-state index in [9.17, 15) is 24.5 Å². The lowest BCUT2D eigenvalue weighted by Gasteiger charge is -2.32. The van der Waals surface area contributed by atoms with Gasteiger partial charge in [-0.15, -0.1) is 0 Å². The van der Waals surface area contributed by atoms with Crippen molar-refractivity contribution in [2.24, 2.45) is 0 Å². The maximum absolute atomic E-state index is 13.4. The molecular formula is C32H33N5O6. The van der Waals surface area contributed by atoms with Gasteiger partial charge >= 0.3 is 5.97 Å². The van der Waals surface area contributed by atoms with Crippen molar-refractivity contribution in [3.8, 4) is 0 Å². The molecule has 222 valence electrons. The fourth-order valence-corrected chi connectivity index (χ4v) is 5.28. The quantitative estimate of drug-likeness (QED) is 0.183. The van der Waals surface area contributed by atoms with Crippen LogP contribution in [0.1, 0.15) is 27.0 Å². The number of carbonyl (C=O) groups excluding carboxylic acids is 3. The van der Waals surface area contributed by atoms with Crippen LogP contribution in [0.25, 0.3) is 11.3 Å². The standard InChI is InChI=1S/C32H33N5O6/c1-34-14-16-36(17-15-34)20-29(39)35(2)25-12-8-24(9-13-25)33-31(21-6-10-26(11-7-21)37(41)42)30-27-18-23(32(40)43-3)5-4-22(27)19-28(30)38/h4-13,18,33H,14-17,19-20H2,1-3H3/b31-30-. The zero-order valence-corrected chi connectivity index (χ0v) is 24.3. The number of likely N-dealkylation sites (N-methyl/N-ethyl adjacent to an activating group) is 2. The number of fused-ring (bicyclic) bond motifs is 1. The molecule has 5 rings (SSSR count). The molecule has 0 atom stereocenters. The third-order valence-electron chi connectivity index (χ3n) is 7.90. The molecule has 1 aliphatic heterocycles. The average molecular weight is 584 g/mol. The molecule has 0 aromatic heterocycles. The van der Waals surface area contributed by atoms with Crippen molar-refractivity contribution in [3.63, 3.8) is 0 Å². The molecule has 1 fully saturated rings. The molecule has 11 nitrogen and oxygen atoms in total. The Labute approximate surface area is 249 Å². The second-order valence-electron chi connectivity index (χ2n) is 10.7. The number of non-ortho nitro benzene ring substituents is 1. The fourth-order valence-electron chi connectivity index (χ4n) is 5.28. The van der Waals surface area contributed by atoms with Crippen molar-refractivity contribution >= 4 is 46.0 Å². The molecule has 3 aromatic rings. The SMILES string of the molecule is COC(=O)c1ccc2c(c1)/C(=C(/Nc1ccc(N(C)C(=O)CN3CCN(C)CC3)cc1)c1ccc([N+](=O)[O-])cc1)C(=O)C2. The van der Waals surface area contributed by atoms with Gasteiger partial charge in [-0.05, 0) is 72.3 Å². The molecule has 1 aliphatic carbocycles. The van der Waals surface area contributed by atoms with Crippen LogP contribution in [0.5, 0.6) is 0 Å². The van der Waals surface area contributed by atoms with E-state index in [2.05, 4.69) is 22.2 Å². The van der Waals surface area contributed by atoms with E-state index < -0.39 is 10.9 Å². The van der Waals surface area contributed by atoms with Gasteiger partial charge in [0.25, 0.3) is 5.69 Å². The average Bonchev–Trinajstić information content (AvgIpc) is 3.35. The van der Waals surface area contributed by atoms with Crippen molar-refractivity contribution in [2.75, 3.05) is 64.1 Å². The number of ketones is 1. The van der Waals surface area contributed by atoms with Crippen molar-refractivity contribution in [2.45, 2.75) is 6.42 Å². The van der Waals surface area contributed by atoms with Crippen LogP contribution in [-0.4, -0.2) is 86.3 Å². The number of rotatable bonds is 8. The minimum absolute atomic E-state index is 0.00600. The summed E-state index contributed by atoms with van der Waals surface area (Å²) < 4.78 is 4.88. The van der Waals surface area contributed by atoms with Crippen LogP contribution in [0.3, 0.4) is 0 Å². The molecule has 43 heavy (non-hydrogen) atoms. The molecule has 2 aliphatic rings. The van der Waals surface area contributed by atoms with Gasteiger partial charge in [-0.3, -0.25) is 24.6 Å². The number of piperazine rings is 1. The fraction of sp³-hybridized carbons (Fsp3) is 0.281. The molecule has 0 bridgehead atoms. The maximum atomic E-state index is 13.4. The van der Waals surface area contributed by atoms with Gasteiger partial charge in [0, 0.05) is 68.7 Å². The number of anilines is 2. The highest BCUT2D eigenvalue weighted by Gasteiger charge is 2.30. The summed E-state index contributed by atoms with van der Waals surface area (Å²) in [5, 5.41) is 14.6. The van der Waals surface area contributed by atoms with Crippen LogP contribution in [0.15, 0.2) is 66.7 Å². The molecule has 1 N–H and O–H groups in total. The number of Topliss-reactive ketones (excluding diaryl/α,β-unsaturated/α-hetero) is 1. The number of nitro benzene ring substituents is 1. The molecule has 1 heterocycles. The topological polar surface area (TPSA) is 125 Å². The number of ether oxygens (including phenoxy) is 1. The van der Waals surface area contributed by atoms with E-state index >= 15 is 0 Å². The summed E-state index contributed by atoms with van der Waals surface area (Å²) in [4.78, 5) is 55.4. The highest BCUT2D eigenvalue weighted by Crippen LogP contribution is 2.37. The Balaban J connectivity index is 1.45. The number of hydrogen-bond donors (Lipinski definition) is 1. The number of carbonyl (C=O) groups is 3. The Morgan fingerprint density at radius 3 is 2.26 bits per heavy atom. The van der Waals surface area contributed by atoms with Gasteiger partial charge in [0.05, 0.1) is 29.8 Å². The molecule has 1 amide bonds. The van der Waals surface area contributed by atoms with E-state index in [-0.39, 0.29) is 23.8 Å². The Hall–Kier alpha value is -4.87. The summed E-state index contributed by atoms with van der Waals surface area (Å²) >= 11 is 0. The normalized spacial score (nSPS) is 16.4. The second-order valence-corrected chi connectivity index (χ2v) is 10.7. The third kappa shape index (κ3) is 6.47. The van der Waals surface area contributed by atoms with Crippen molar-refractivity contribution in [1.29, 1.82) is 0 Å². The number of allylic oxidation sites excluding steroid dienone is 1. The number of nitro groups is 1. The van der Waals surface area contributed by atoms with Crippen LogP contribution in [0.2, 0.25) is 0 Å². The minimum Gasteiger partial charge on any atom is -0.465 e. The number of methoxy groups -OCH3 is 1. The lowest BCUT2D eigenvalue weighted by molar-refractivity contribution is -0.384. The van der Waals surface area contributed by atoms with Gasteiger partial charge < -0.3 is 19.9 Å². The van der Waals surface area contributed by atoms with Gasteiger partial charge in [0.1, 0.15) is 0 Å². The second kappa shape index (κ2) is 12.6. The van der Waals surface area contributed by atoms with Crippen LogP contribution in [0.4, 0.5) is 17.1 Å². The summed E-state index contributed by atoms with van der Waals surface area (Å²) in [5.41, 5.74) is 4.36. The first kappa shape index (κ1) is 29.6. The number of amides is 1. The maximum Gasteiger partial charge on any atom is 0.337 e. The number of hydrogen-bond acceptors (Lipinski definition) is 9. The van der Waals surface area contributed by atoms with Gasteiger partial charge in [0.2, 0.25) is 5.91 Å². The van der Waals surface area contributed by atoms with E-state index in [1.807, 2.05) is 24.3 Å². The van der Waals surface area contributed by atoms with Crippen LogP contribution in [0, 0.1) is 10.1 Å². The molecule has 1 saturated heterocycles. The van der Waals surface area contributed by atoms with E-state index in [0.717, 1.165) is 37.4 Å². The summed E-state index contributed by atoms with van der Waals surface area (Å²) in [5.74, 6) is -0.675. The Morgan fingerprint density at radius 2 is 1.63 bits per heavy atom. The van der Waals surface area contributed by atoms with Gasteiger partial charge in [-0.1, -0.05) is 6.07 Å². The highest BCUT2D eigenvalue weighted by atomic mass is 16.6. The molecule has 0 unspecified atom stereocenters. The zero-order chi connectivity index (χ0) is 30.7. The van der Waals surface area contributed by atoms with E-state index in [1.165, 1.54) is 19.2 Å². The number of nitrogens with zero attached hydrogens (tertiary/aromatic N) is 4. The summed E-state index contributed by atoms with van der Waals surface area (Å²) in [7, 11) is 5.12. The van der Waals surface area contributed by atoms with Crippen molar-refractivity contribution < 1.29 is 24.0 Å². The molecule has 0 saturated carbocycles. The summed E-state index contributed by atoms with van der Waals surface area (Å²) in [6.45, 7) is 3.90. The minimum atomic E-state index is -0.520. The Bertz CT molecular complexity index is 1590. The molecular weight excluding hydrogens is 550 g/mol. The first-order chi connectivity index (χ1) is 20.6. The molecule has 0 radical (unpaired) electrons. The van der Waals surface area contributed by atoms with Gasteiger partial charge in [0.15, 0.2) is 5.78 Å². The van der Waals surface area contributed by atoms with Gasteiger partial charge in [-0.25, -0.2) is 4.79 Å². The lowest BCUT2D eigenvalue weighted by atomic mass is 9.98. The zero-order valence-electron chi connectivity index (χ0n) is 24.3. The lowest BCUT2D eigenvalue weighted by Crippen LogP contribution is -2.48. The Morgan fingerprint density at radius 1 is 0.977 bits per heavy atom. The predicted octanol–water partition coefficient (Wildman–Crippen LogP) is 3.70. The summed E-state index contributed by atoms with van der Waals surface area (Å²) in [6.07, 6.45) is 0.156. The first-order valence-corrected chi connectivity index (χ1v) is 13.9. The van der Waals surface area contributed by atoms with Crippen LogP contribution < -0.4 is 10.2 Å².